The number of hydrazone groups is 1. The number of thiazole rings is 1. The van der Waals surface area contributed by atoms with Gasteiger partial charge in [-0.25, -0.2) is 4.98 Å². The molecule has 0 saturated carbocycles. The minimum Gasteiger partial charge on any atom is -0.497 e. The summed E-state index contributed by atoms with van der Waals surface area (Å²) < 4.78 is 6.17. The van der Waals surface area contributed by atoms with Gasteiger partial charge in [0.2, 0.25) is 11.0 Å². The molecular weight excluding hydrogens is 322 g/mol. The van der Waals surface area contributed by atoms with E-state index >= 15 is 0 Å². The number of hydrogen-bond acceptors (Lipinski definition) is 5. The van der Waals surface area contributed by atoms with Crippen molar-refractivity contribution in [2.75, 3.05) is 12.1 Å². The molecule has 1 heterocycles. The Labute approximate surface area is 144 Å². The summed E-state index contributed by atoms with van der Waals surface area (Å²) in [5, 5.41) is 6.16. The highest BCUT2D eigenvalue weighted by Gasteiger charge is 2.15. The lowest BCUT2D eigenvalue weighted by atomic mass is 10.2. The molecular formula is C18H17N3O2S. The van der Waals surface area contributed by atoms with Gasteiger partial charge in [0.15, 0.2) is 0 Å². The summed E-state index contributed by atoms with van der Waals surface area (Å²) in [6.45, 7) is 3.50. The lowest BCUT2D eigenvalue weighted by molar-refractivity contribution is -0.116. The first-order chi connectivity index (χ1) is 11.6. The monoisotopic (exact) mass is 339 g/mol. The molecule has 1 aromatic heterocycles. The molecule has 0 aliphatic heterocycles. The average Bonchev–Trinajstić information content (AvgIpc) is 2.98. The molecule has 0 N–H and O–H groups in total. The second kappa shape index (κ2) is 6.80. The highest BCUT2D eigenvalue weighted by Crippen LogP contribution is 2.31. The Morgan fingerprint density at radius 2 is 2.00 bits per heavy atom. The Hall–Kier alpha value is -2.73. The first kappa shape index (κ1) is 16.1. The molecule has 1 amide bonds. The summed E-state index contributed by atoms with van der Waals surface area (Å²) in [6.07, 6.45) is 1.66. The molecule has 0 saturated heterocycles. The second-order valence-electron chi connectivity index (χ2n) is 5.32. The zero-order valence-corrected chi connectivity index (χ0v) is 14.5. The van der Waals surface area contributed by atoms with E-state index in [1.807, 2.05) is 49.4 Å². The van der Waals surface area contributed by atoms with Crippen LogP contribution in [-0.2, 0) is 4.79 Å². The van der Waals surface area contributed by atoms with Gasteiger partial charge in [-0.1, -0.05) is 41.2 Å². The van der Waals surface area contributed by atoms with Gasteiger partial charge in [0.25, 0.3) is 0 Å². The van der Waals surface area contributed by atoms with E-state index in [9.17, 15) is 4.79 Å². The van der Waals surface area contributed by atoms with Gasteiger partial charge in [0.1, 0.15) is 5.75 Å². The van der Waals surface area contributed by atoms with E-state index in [2.05, 4.69) is 10.1 Å². The van der Waals surface area contributed by atoms with Gasteiger partial charge >= 0.3 is 0 Å². The van der Waals surface area contributed by atoms with Crippen molar-refractivity contribution in [3.05, 3.63) is 53.6 Å². The summed E-state index contributed by atoms with van der Waals surface area (Å²) in [7, 11) is 1.62. The number of carbonyl (C=O) groups excluding carboxylic acids is 1. The van der Waals surface area contributed by atoms with E-state index in [4.69, 9.17) is 4.74 Å². The number of methoxy groups -OCH3 is 1. The summed E-state index contributed by atoms with van der Waals surface area (Å²) in [5.74, 6) is 0.569. The molecule has 0 atom stereocenters. The maximum absolute atomic E-state index is 12.0. The summed E-state index contributed by atoms with van der Waals surface area (Å²) in [4.78, 5) is 16.5. The Kier molecular flexibility index (Phi) is 4.57. The lowest BCUT2D eigenvalue weighted by Crippen LogP contribution is -2.22. The van der Waals surface area contributed by atoms with Crippen molar-refractivity contribution in [3.8, 4) is 5.75 Å². The molecule has 0 fully saturated rings. The quantitative estimate of drug-likeness (QED) is 0.533. The Morgan fingerprint density at radius 1 is 1.25 bits per heavy atom. The van der Waals surface area contributed by atoms with Gasteiger partial charge in [-0.3, -0.25) is 4.79 Å². The van der Waals surface area contributed by atoms with Crippen LogP contribution in [0.4, 0.5) is 5.13 Å². The van der Waals surface area contributed by atoms with Gasteiger partial charge in [-0.2, -0.15) is 10.1 Å². The van der Waals surface area contributed by atoms with Crippen LogP contribution >= 0.6 is 11.3 Å². The molecule has 0 bridgehead atoms. The van der Waals surface area contributed by atoms with E-state index in [0.717, 1.165) is 21.5 Å². The van der Waals surface area contributed by atoms with E-state index in [0.29, 0.717) is 5.13 Å². The number of hydrogen-bond donors (Lipinski definition) is 0. The lowest BCUT2D eigenvalue weighted by Gasteiger charge is -2.10. The Balaban J connectivity index is 1.93. The van der Waals surface area contributed by atoms with E-state index in [1.165, 1.54) is 28.8 Å². The van der Waals surface area contributed by atoms with Crippen LogP contribution in [0.1, 0.15) is 18.1 Å². The molecule has 3 aromatic rings. The molecule has 5 nitrogen and oxygen atoms in total. The van der Waals surface area contributed by atoms with Crippen LogP contribution in [0.5, 0.6) is 5.75 Å². The number of ether oxygens (including phenoxy) is 1. The largest absolute Gasteiger partial charge is 0.497 e. The Bertz CT molecular complexity index is 900. The van der Waals surface area contributed by atoms with Crippen molar-refractivity contribution in [1.82, 2.24) is 4.98 Å². The summed E-state index contributed by atoms with van der Waals surface area (Å²) >= 11 is 1.40. The maximum Gasteiger partial charge on any atom is 0.246 e. The fourth-order valence-corrected chi connectivity index (χ4v) is 3.15. The van der Waals surface area contributed by atoms with Crippen LogP contribution in [0.25, 0.3) is 10.2 Å². The van der Waals surface area contributed by atoms with E-state index < -0.39 is 0 Å². The van der Waals surface area contributed by atoms with Crippen molar-refractivity contribution >= 4 is 38.8 Å². The highest BCUT2D eigenvalue weighted by atomic mass is 32.1. The first-order valence-electron chi connectivity index (χ1n) is 7.43. The van der Waals surface area contributed by atoms with Gasteiger partial charge in [0, 0.05) is 6.92 Å². The molecule has 0 aliphatic rings. The van der Waals surface area contributed by atoms with Gasteiger partial charge < -0.3 is 4.74 Å². The van der Waals surface area contributed by atoms with Gasteiger partial charge in [-0.05, 0) is 30.7 Å². The van der Waals surface area contributed by atoms with Crippen molar-refractivity contribution in [2.45, 2.75) is 13.8 Å². The Morgan fingerprint density at radius 3 is 2.67 bits per heavy atom. The van der Waals surface area contributed by atoms with Crippen LogP contribution < -0.4 is 9.75 Å². The third-order valence-corrected chi connectivity index (χ3v) is 4.46. The number of benzene rings is 2. The summed E-state index contributed by atoms with van der Waals surface area (Å²) in [6, 6.07) is 13.5. The van der Waals surface area contributed by atoms with Crippen LogP contribution in [-0.4, -0.2) is 24.2 Å². The zero-order chi connectivity index (χ0) is 17.1. The minimum absolute atomic E-state index is 0.190. The smallest absolute Gasteiger partial charge is 0.246 e. The number of anilines is 1. The molecule has 2 aromatic carbocycles. The topological polar surface area (TPSA) is 54.8 Å². The molecule has 24 heavy (non-hydrogen) atoms. The van der Waals surface area contributed by atoms with Crippen LogP contribution in [0.2, 0.25) is 0 Å². The molecule has 122 valence electrons. The number of amides is 1. The standard InChI is InChI=1S/C18H17N3O2S/c1-12-4-6-14(7-5-12)11-19-21(13(2)22)18-20-16-9-8-15(23-3)10-17(16)24-18/h4-11H,1-3H3/b19-11+. The van der Waals surface area contributed by atoms with Crippen LogP contribution in [0, 0.1) is 6.92 Å². The molecule has 3 rings (SSSR count). The summed E-state index contributed by atoms with van der Waals surface area (Å²) in [5.41, 5.74) is 2.91. The third kappa shape index (κ3) is 3.44. The fraction of sp³-hybridized carbons (Fsp3) is 0.167. The fourth-order valence-electron chi connectivity index (χ4n) is 2.15. The zero-order valence-electron chi connectivity index (χ0n) is 13.7. The van der Waals surface area contributed by atoms with E-state index in [-0.39, 0.29) is 5.91 Å². The number of nitrogens with zero attached hydrogens (tertiary/aromatic N) is 3. The molecule has 6 heteroatoms. The average molecular weight is 339 g/mol. The van der Waals surface area contributed by atoms with Crippen LogP contribution in [0.15, 0.2) is 47.6 Å². The van der Waals surface area contributed by atoms with Gasteiger partial charge in [0.05, 0.1) is 23.5 Å². The molecule has 0 unspecified atom stereocenters. The maximum atomic E-state index is 12.0. The molecule has 0 radical (unpaired) electrons. The normalized spacial score (nSPS) is 11.1. The van der Waals surface area contributed by atoms with Crippen molar-refractivity contribution in [2.24, 2.45) is 5.10 Å². The van der Waals surface area contributed by atoms with Gasteiger partial charge in [-0.15, -0.1) is 0 Å². The first-order valence-corrected chi connectivity index (χ1v) is 8.24. The number of aryl methyl sites for hydroxylation is 1. The number of carbonyl (C=O) groups is 1. The number of aromatic nitrogens is 1. The third-order valence-electron chi connectivity index (χ3n) is 3.46. The second-order valence-corrected chi connectivity index (χ2v) is 6.33. The molecule has 0 spiro atoms. The van der Waals surface area contributed by atoms with Crippen LogP contribution in [0.3, 0.4) is 0 Å². The number of rotatable bonds is 4. The van der Waals surface area contributed by atoms with Crippen molar-refractivity contribution in [1.29, 1.82) is 0 Å². The highest BCUT2D eigenvalue weighted by molar-refractivity contribution is 7.22. The van der Waals surface area contributed by atoms with E-state index in [1.54, 1.807) is 13.3 Å². The number of fused-ring (bicyclic) bond motifs is 1. The molecule has 0 aliphatic carbocycles. The van der Waals surface area contributed by atoms with Crippen molar-refractivity contribution < 1.29 is 9.53 Å². The minimum atomic E-state index is -0.190. The predicted octanol–water partition coefficient (Wildman–Crippen LogP) is 4.00. The SMILES string of the molecule is COc1ccc2nc(N(/N=C/c3ccc(C)cc3)C(C)=O)sc2c1. The van der Waals surface area contributed by atoms with Crippen molar-refractivity contribution in [3.63, 3.8) is 0 Å². The predicted molar refractivity (Wildman–Crippen MR) is 98.1 cm³/mol.